The zero-order chi connectivity index (χ0) is 23.1. The number of rotatable bonds is 6. The zero-order valence-corrected chi connectivity index (χ0v) is 22.1. The molecule has 0 bridgehead atoms. The van der Waals surface area contributed by atoms with Crippen molar-refractivity contribution < 1.29 is 166 Å². The van der Waals surface area contributed by atoms with Crippen LogP contribution in [0.25, 0.3) is 0 Å². The van der Waals surface area contributed by atoms with Gasteiger partial charge in [-0.3, -0.25) is 0 Å². The molecule has 0 aliphatic heterocycles. The van der Waals surface area contributed by atoms with Crippen LogP contribution in [0.1, 0.15) is 0 Å². The Bertz CT molecular complexity index is 559. The molecule has 0 aromatic rings. The molecule has 31 heteroatoms. The molecule has 31 heavy (non-hydrogen) atoms. The Labute approximate surface area is 212 Å². The van der Waals surface area contributed by atoms with Crippen molar-refractivity contribution in [2.24, 2.45) is 0 Å². The van der Waals surface area contributed by atoms with Crippen LogP contribution in [0.2, 0.25) is 0 Å². The fourth-order valence-corrected chi connectivity index (χ4v) is 3.31. The third-order valence-electron chi connectivity index (χ3n) is 0.600. The third-order valence-corrected chi connectivity index (χ3v) is 5.40. The average molecular weight is 758 g/mol. The van der Waals surface area contributed by atoms with E-state index in [-0.39, 0.29) is 67.1 Å². The van der Waals surface area contributed by atoms with Crippen LogP contribution in [0.3, 0.4) is 0 Å². The molecule has 0 unspecified atom stereocenters. The second-order valence-corrected chi connectivity index (χ2v) is 10.3. The van der Waals surface area contributed by atoms with E-state index < -0.39 is 46.9 Å². The van der Waals surface area contributed by atoms with E-state index in [9.17, 15) is 86.1 Å². The minimum absolute atomic E-state index is 0. The van der Waals surface area contributed by atoms with Crippen molar-refractivity contribution in [3.63, 3.8) is 0 Å². The van der Waals surface area contributed by atoms with E-state index in [1.54, 1.807) is 0 Å². The largest absolute Gasteiger partial charge is 3.00 e. The molecule has 0 heterocycles. The van der Waals surface area contributed by atoms with Gasteiger partial charge in [0.25, 0.3) is 0 Å². The molecule has 0 spiro atoms. The average Bonchev–Trinajstić information content (AvgIpc) is 1.96. The maximum absolute atomic E-state index is 9.32. The first-order valence-electron chi connectivity index (χ1n) is 4.38. The van der Waals surface area contributed by atoms with Crippen molar-refractivity contribution in [3.8, 4) is 0 Å². The SMILES string of the molecule is O=P([O-])([O-])OP(=O)([O-])[O-].O=P([O-])([O-])OP(=O)([O-])[O-].O=P([O-])([O-])OP(=O)([O-])[O-].[Co+3].[Co+3].[Co+3].[Co+3]. The molecule has 0 aliphatic rings. The minimum atomic E-state index is -5.68. The van der Waals surface area contributed by atoms with Crippen LogP contribution in [0, 0.1) is 0 Å². The molecule has 0 amide bonds. The Kier molecular flexibility index (Phi) is 31.0. The summed E-state index contributed by atoms with van der Waals surface area (Å²) in [4.78, 5) is 112. The Morgan fingerprint density at radius 2 is 0.355 bits per heavy atom. The molecule has 0 rings (SSSR count). The van der Waals surface area contributed by atoms with Gasteiger partial charge in [0, 0.05) is 0 Å². The van der Waals surface area contributed by atoms with Crippen molar-refractivity contribution in [3.05, 3.63) is 0 Å². The molecule has 0 aromatic carbocycles. The molecule has 0 aromatic heterocycles. The van der Waals surface area contributed by atoms with E-state index in [1.165, 1.54) is 0 Å². The zero-order valence-electron chi connectivity index (χ0n) is 12.6. The molecule has 21 nitrogen and oxygen atoms in total. The summed E-state index contributed by atoms with van der Waals surface area (Å²) in [7, 11) is -34.1. The van der Waals surface area contributed by atoms with Gasteiger partial charge in [0.15, 0.2) is 0 Å². The van der Waals surface area contributed by atoms with Crippen molar-refractivity contribution in [1.82, 2.24) is 0 Å². The third kappa shape index (κ3) is 71.9. The molecule has 0 radical (unpaired) electrons. The van der Waals surface area contributed by atoms with E-state index in [0.717, 1.165) is 0 Å². The second-order valence-electron chi connectivity index (χ2n) is 2.93. The number of hydrogen-bond acceptors (Lipinski definition) is 21. The van der Waals surface area contributed by atoms with E-state index in [1.807, 2.05) is 0 Å². The Morgan fingerprint density at radius 3 is 0.355 bits per heavy atom. The molecule has 0 fully saturated rings. The van der Waals surface area contributed by atoms with Crippen LogP contribution < -0.4 is 58.7 Å². The Morgan fingerprint density at radius 1 is 0.290 bits per heavy atom. The number of hydrogen-bond donors (Lipinski definition) is 0. The van der Waals surface area contributed by atoms with Gasteiger partial charge in [-0.2, -0.15) is 0 Å². The van der Waals surface area contributed by atoms with Crippen LogP contribution in [0.4, 0.5) is 0 Å². The van der Waals surface area contributed by atoms with Gasteiger partial charge in [-0.05, 0) is 0 Å². The molecular weight excluding hydrogens is 758 g/mol. The van der Waals surface area contributed by atoms with Gasteiger partial charge in [-0.15, -0.1) is 0 Å². The first-order valence-corrected chi connectivity index (χ1v) is 13.1. The van der Waals surface area contributed by atoms with Gasteiger partial charge in [0.1, 0.15) is 0 Å². The van der Waals surface area contributed by atoms with Crippen molar-refractivity contribution in [2.45, 2.75) is 0 Å². The van der Waals surface area contributed by atoms with Crippen molar-refractivity contribution in [1.29, 1.82) is 0 Å². The topological polar surface area (TPSA) is 407 Å². The molecule has 0 N–H and O–H groups in total. The molecular formula is Co4O21P6. The van der Waals surface area contributed by atoms with E-state index in [2.05, 4.69) is 12.9 Å². The monoisotopic (exact) mass is 757 g/mol. The summed E-state index contributed by atoms with van der Waals surface area (Å²) in [6.07, 6.45) is 0. The first-order chi connectivity index (χ1) is 11.1. The Balaban J connectivity index is -0.0000000524. The van der Waals surface area contributed by atoms with Crippen LogP contribution >= 0.6 is 46.9 Å². The maximum atomic E-state index is 9.32. The van der Waals surface area contributed by atoms with Gasteiger partial charge in [-0.25, -0.2) is 0 Å². The summed E-state index contributed by atoms with van der Waals surface area (Å²) in [5.41, 5.74) is 0. The number of phosphoric acid groups is 6. The summed E-state index contributed by atoms with van der Waals surface area (Å²) in [5.74, 6) is 0. The van der Waals surface area contributed by atoms with Gasteiger partial charge in [0.05, 0.1) is 46.9 Å². The van der Waals surface area contributed by atoms with Crippen LogP contribution in [-0.4, -0.2) is 0 Å². The molecule has 192 valence electrons. The van der Waals surface area contributed by atoms with Crippen molar-refractivity contribution in [2.75, 3.05) is 0 Å². The van der Waals surface area contributed by atoms with Gasteiger partial charge in [-0.1, -0.05) is 0 Å². The first kappa shape index (κ1) is 50.6. The molecule has 0 atom stereocenters. The summed E-state index contributed by atoms with van der Waals surface area (Å²) in [5, 5.41) is 0. The fourth-order valence-electron chi connectivity index (χ4n) is 0.367. The van der Waals surface area contributed by atoms with Gasteiger partial charge in [0.2, 0.25) is 0 Å². The second kappa shape index (κ2) is 19.0. The van der Waals surface area contributed by atoms with E-state index in [0.29, 0.717) is 0 Å². The summed E-state index contributed by atoms with van der Waals surface area (Å²) in [6, 6.07) is 0. The normalized spacial score (nSPS) is 12.0. The molecule has 0 saturated carbocycles. The Hall–Kier alpha value is 2.81. The minimum Gasteiger partial charge on any atom is -0.790 e. The molecule has 0 saturated heterocycles. The fraction of sp³-hybridized carbons (Fsp3) is 0. The van der Waals surface area contributed by atoms with Gasteiger partial charge < -0.3 is 99.0 Å². The van der Waals surface area contributed by atoms with E-state index in [4.69, 9.17) is 0 Å². The summed E-state index contributed by atoms with van der Waals surface area (Å²) in [6.45, 7) is 0. The molecule has 0 aliphatic carbocycles. The predicted molar refractivity (Wildman–Crippen MR) is 48.9 cm³/mol. The van der Waals surface area contributed by atoms with Crippen LogP contribution in [0.15, 0.2) is 0 Å². The predicted octanol–water partition coefficient (Wildman–Crippen LogP) is -10.0. The van der Waals surface area contributed by atoms with Crippen LogP contribution in [-0.2, 0) is 107 Å². The van der Waals surface area contributed by atoms with Crippen LogP contribution in [0.5, 0.6) is 0 Å². The maximum Gasteiger partial charge on any atom is 3.00 e. The quantitative estimate of drug-likeness (QED) is 0.227. The summed E-state index contributed by atoms with van der Waals surface area (Å²) < 4.78 is 63.5. The standard InChI is InChI=1S/4Co.3H4O7P2/c;;;;3*1-8(2,3)7-9(4,5)6/h;;;;3*(H2,1,2,3)(H2,4,5,6)/q4*+3;;;/p-12. The smallest absolute Gasteiger partial charge is 0.790 e. The van der Waals surface area contributed by atoms with Gasteiger partial charge >= 0.3 is 67.1 Å². The van der Waals surface area contributed by atoms with E-state index >= 15 is 0 Å². The summed E-state index contributed by atoms with van der Waals surface area (Å²) >= 11 is 0. The van der Waals surface area contributed by atoms with Crippen molar-refractivity contribution >= 4 is 46.9 Å².